The Morgan fingerprint density at radius 3 is 2.88 bits per heavy atom. The maximum Gasteiger partial charge on any atom is 0.251 e. The van der Waals surface area contributed by atoms with Gasteiger partial charge in [-0.2, -0.15) is 0 Å². The van der Waals surface area contributed by atoms with Gasteiger partial charge in [-0.15, -0.1) is 0 Å². The normalized spacial score (nSPS) is 14.4. The molecule has 0 spiro atoms. The molecule has 96 valence electrons. The largest absolute Gasteiger partial charge is 0.383 e. The molecule has 0 saturated heterocycles. The van der Waals surface area contributed by atoms with Gasteiger partial charge in [0.05, 0.1) is 6.33 Å². The average Bonchev–Trinajstić information content (AvgIpc) is 2.80. The Bertz CT molecular complexity index is 338. The van der Waals surface area contributed by atoms with Crippen LogP contribution in [0.5, 0.6) is 0 Å². The quantitative estimate of drug-likeness (QED) is 0.772. The summed E-state index contributed by atoms with van der Waals surface area (Å²) >= 11 is 0. The standard InChI is InChI=1S/C12H21N3O2/c1-4-9(2)7-15(3)12(17)11(16)5-10-6-13-8-14-10/h6,8-9,11,16H,4-5,7H2,1-3H3,(H,13,14)/t9?,11-/m1/s1. The lowest BCUT2D eigenvalue weighted by Crippen LogP contribution is -2.39. The van der Waals surface area contributed by atoms with Crippen molar-refractivity contribution in [2.75, 3.05) is 13.6 Å². The van der Waals surface area contributed by atoms with Crippen LogP contribution < -0.4 is 0 Å². The predicted octanol–water partition coefficient (Wildman–Crippen LogP) is 0.818. The number of likely N-dealkylation sites (N-methyl/N-ethyl adjacent to an activating group) is 1. The third kappa shape index (κ3) is 4.19. The first-order valence-electron chi connectivity index (χ1n) is 5.94. The molecule has 0 aliphatic rings. The van der Waals surface area contributed by atoms with E-state index in [0.717, 1.165) is 12.1 Å². The number of aliphatic hydroxyl groups is 1. The van der Waals surface area contributed by atoms with E-state index in [1.807, 2.05) is 0 Å². The fraction of sp³-hybridized carbons (Fsp3) is 0.667. The smallest absolute Gasteiger partial charge is 0.251 e. The number of nitrogens with zero attached hydrogens (tertiary/aromatic N) is 2. The topological polar surface area (TPSA) is 69.2 Å². The number of carbonyl (C=O) groups excluding carboxylic acids is 1. The van der Waals surface area contributed by atoms with Crippen LogP contribution in [0.2, 0.25) is 0 Å². The minimum Gasteiger partial charge on any atom is -0.383 e. The molecule has 0 bridgehead atoms. The van der Waals surface area contributed by atoms with Crippen molar-refractivity contribution in [2.24, 2.45) is 5.92 Å². The zero-order valence-electron chi connectivity index (χ0n) is 10.7. The number of carbonyl (C=O) groups is 1. The number of hydrogen-bond acceptors (Lipinski definition) is 3. The van der Waals surface area contributed by atoms with Crippen LogP contribution in [0.3, 0.4) is 0 Å². The summed E-state index contributed by atoms with van der Waals surface area (Å²) < 4.78 is 0. The van der Waals surface area contributed by atoms with E-state index in [-0.39, 0.29) is 12.3 Å². The van der Waals surface area contributed by atoms with Crippen LogP contribution in [0.15, 0.2) is 12.5 Å². The molecule has 17 heavy (non-hydrogen) atoms. The Labute approximate surface area is 102 Å². The second kappa shape index (κ2) is 6.39. The summed E-state index contributed by atoms with van der Waals surface area (Å²) in [5.41, 5.74) is 0.766. The molecule has 0 saturated carbocycles. The van der Waals surface area contributed by atoms with Gasteiger partial charge >= 0.3 is 0 Å². The molecule has 0 aliphatic carbocycles. The van der Waals surface area contributed by atoms with E-state index in [1.165, 1.54) is 6.33 Å². The van der Waals surface area contributed by atoms with Crippen molar-refractivity contribution in [1.29, 1.82) is 0 Å². The van der Waals surface area contributed by atoms with E-state index in [2.05, 4.69) is 23.8 Å². The Kier molecular flexibility index (Phi) is 5.15. The van der Waals surface area contributed by atoms with Crippen LogP contribution in [0.1, 0.15) is 26.0 Å². The summed E-state index contributed by atoms with van der Waals surface area (Å²) in [5, 5.41) is 9.81. The first-order valence-corrected chi connectivity index (χ1v) is 5.94. The molecule has 2 N–H and O–H groups in total. The van der Waals surface area contributed by atoms with Crippen LogP contribution in [0.25, 0.3) is 0 Å². The Morgan fingerprint density at radius 1 is 1.65 bits per heavy atom. The van der Waals surface area contributed by atoms with Crippen molar-refractivity contribution in [3.63, 3.8) is 0 Å². The average molecular weight is 239 g/mol. The minimum atomic E-state index is -0.996. The first-order chi connectivity index (χ1) is 8.04. The van der Waals surface area contributed by atoms with Crippen molar-refractivity contribution in [3.05, 3.63) is 18.2 Å². The van der Waals surface area contributed by atoms with Crippen molar-refractivity contribution < 1.29 is 9.90 Å². The second-order valence-electron chi connectivity index (χ2n) is 4.53. The summed E-state index contributed by atoms with van der Waals surface area (Å²) in [6.07, 6.45) is 3.46. The summed E-state index contributed by atoms with van der Waals surface area (Å²) in [5.74, 6) is 0.211. The lowest BCUT2D eigenvalue weighted by Gasteiger charge is -2.23. The van der Waals surface area contributed by atoms with Gasteiger partial charge in [0.2, 0.25) is 0 Å². The molecule has 5 heteroatoms. The van der Waals surface area contributed by atoms with Gasteiger partial charge in [0.25, 0.3) is 5.91 Å². The van der Waals surface area contributed by atoms with Crippen molar-refractivity contribution >= 4 is 5.91 Å². The molecule has 0 aliphatic heterocycles. The number of imidazole rings is 1. The molecule has 0 radical (unpaired) electrons. The Morgan fingerprint density at radius 2 is 2.35 bits per heavy atom. The zero-order valence-corrected chi connectivity index (χ0v) is 10.7. The van der Waals surface area contributed by atoms with Gasteiger partial charge in [-0.3, -0.25) is 4.79 Å². The van der Waals surface area contributed by atoms with Crippen LogP contribution in [-0.2, 0) is 11.2 Å². The maximum atomic E-state index is 11.9. The second-order valence-corrected chi connectivity index (χ2v) is 4.53. The highest BCUT2D eigenvalue weighted by atomic mass is 16.3. The SMILES string of the molecule is CCC(C)CN(C)C(=O)[C@H](O)Cc1cnc[nH]1. The lowest BCUT2D eigenvalue weighted by molar-refractivity contribution is -0.139. The maximum absolute atomic E-state index is 11.9. The fourth-order valence-corrected chi connectivity index (χ4v) is 1.63. The number of hydrogen-bond donors (Lipinski definition) is 2. The van der Waals surface area contributed by atoms with Gasteiger partial charge in [-0.25, -0.2) is 4.98 Å². The van der Waals surface area contributed by atoms with Crippen molar-refractivity contribution in [1.82, 2.24) is 14.9 Å². The summed E-state index contributed by atoms with van der Waals surface area (Å²) in [7, 11) is 1.73. The summed E-state index contributed by atoms with van der Waals surface area (Å²) in [4.78, 5) is 20.2. The molecule has 0 fully saturated rings. The number of aromatic amines is 1. The van der Waals surface area contributed by atoms with Crippen molar-refractivity contribution in [3.8, 4) is 0 Å². The number of aliphatic hydroxyl groups excluding tert-OH is 1. The molecule has 5 nitrogen and oxygen atoms in total. The molecule has 1 amide bonds. The third-order valence-corrected chi connectivity index (χ3v) is 2.91. The molecule has 1 unspecified atom stereocenters. The van der Waals surface area contributed by atoms with Gasteiger partial charge in [0.1, 0.15) is 6.10 Å². The summed E-state index contributed by atoms with van der Waals surface area (Å²) in [6, 6.07) is 0. The van der Waals surface area contributed by atoms with Crippen LogP contribution >= 0.6 is 0 Å². The molecule has 1 aromatic rings. The minimum absolute atomic E-state index is 0.236. The van der Waals surface area contributed by atoms with Gasteiger partial charge in [-0.1, -0.05) is 20.3 Å². The van der Waals surface area contributed by atoms with E-state index < -0.39 is 6.10 Å². The van der Waals surface area contributed by atoms with E-state index >= 15 is 0 Å². The van der Waals surface area contributed by atoms with Gasteiger partial charge in [-0.05, 0) is 5.92 Å². The van der Waals surface area contributed by atoms with Crippen molar-refractivity contribution in [2.45, 2.75) is 32.8 Å². The molecule has 0 aromatic carbocycles. The number of amides is 1. The fourth-order valence-electron chi connectivity index (χ4n) is 1.63. The van der Waals surface area contributed by atoms with E-state index in [4.69, 9.17) is 0 Å². The predicted molar refractivity (Wildman–Crippen MR) is 65.4 cm³/mol. The van der Waals surface area contributed by atoms with Crippen LogP contribution in [-0.4, -0.2) is 45.6 Å². The zero-order chi connectivity index (χ0) is 12.8. The molecule has 2 atom stereocenters. The van der Waals surface area contributed by atoms with E-state index in [9.17, 15) is 9.90 Å². The first kappa shape index (κ1) is 13.7. The highest BCUT2D eigenvalue weighted by Gasteiger charge is 2.21. The van der Waals surface area contributed by atoms with Gasteiger partial charge in [0, 0.05) is 31.9 Å². The highest BCUT2D eigenvalue weighted by Crippen LogP contribution is 2.06. The molecule has 1 rings (SSSR count). The number of aromatic nitrogens is 2. The van der Waals surface area contributed by atoms with E-state index in [0.29, 0.717) is 12.5 Å². The molecular formula is C12H21N3O2. The highest BCUT2D eigenvalue weighted by molar-refractivity contribution is 5.80. The van der Waals surface area contributed by atoms with Gasteiger partial charge < -0.3 is 15.0 Å². The monoisotopic (exact) mass is 239 g/mol. The van der Waals surface area contributed by atoms with Gasteiger partial charge in [0.15, 0.2) is 0 Å². The molecule has 1 heterocycles. The van der Waals surface area contributed by atoms with Crippen LogP contribution in [0.4, 0.5) is 0 Å². The number of rotatable bonds is 6. The Hall–Kier alpha value is -1.36. The molecular weight excluding hydrogens is 218 g/mol. The summed E-state index contributed by atoms with van der Waals surface area (Å²) in [6.45, 7) is 4.85. The van der Waals surface area contributed by atoms with Crippen LogP contribution in [0, 0.1) is 5.92 Å². The van der Waals surface area contributed by atoms with E-state index in [1.54, 1.807) is 18.1 Å². The lowest BCUT2D eigenvalue weighted by atomic mass is 10.1. The Balaban J connectivity index is 2.45. The third-order valence-electron chi connectivity index (χ3n) is 2.91. The number of H-pyrrole nitrogens is 1. The molecule has 1 aromatic heterocycles. The number of nitrogens with one attached hydrogen (secondary N) is 1.